The van der Waals surface area contributed by atoms with Crippen LogP contribution in [0.3, 0.4) is 0 Å². The molecule has 0 aliphatic carbocycles. The lowest BCUT2D eigenvalue weighted by Crippen LogP contribution is -2.30. The van der Waals surface area contributed by atoms with E-state index in [1.165, 1.54) is 23.5 Å². The fourth-order valence-corrected chi connectivity index (χ4v) is 6.73. The Morgan fingerprint density at radius 1 is 0.889 bits per heavy atom. The Balaban J connectivity index is 1.34. The number of aromatic nitrogens is 2. The van der Waals surface area contributed by atoms with Crippen molar-refractivity contribution in [3.05, 3.63) is 114 Å². The summed E-state index contributed by atoms with van der Waals surface area (Å²) in [7, 11) is 0. The normalized spacial score (nSPS) is 12.0. The minimum atomic E-state index is -0.476. The number of thioether (sulfide) groups is 2. The summed E-state index contributed by atoms with van der Waals surface area (Å²) in [5, 5.41) is 11.3. The SMILES string of the molecule is CCSc1nsc(NC(=O)C(CC)Sc2cccc(NC(=O)/C(=C\c3cccc4ccccc34)NC(=O)c3ccccc3)c2)n1. The molecule has 1 unspecified atom stereocenters. The van der Waals surface area contributed by atoms with Crippen LogP contribution < -0.4 is 16.0 Å². The van der Waals surface area contributed by atoms with Crippen LogP contribution in [0.5, 0.6) is 0 Å². The van der Waals surface area contributed by atoms with E-state index in [2.05, 4.69) is 25.3 Å². The number of hydrogen-bond acceptors (Lipinski definition) is 8. The molecule has 0 bridgehead atoms. The molecule has 0 aliphatic rings. The minimum absolute atomic E-state index is 0.0988. The number of hydrogen-bond donors (Lipinski definition) is 3. The summed E-state index contributed by atoms with van der Waals surface area (Å²) < 4.78 is 4.26. The summed E-state index contributed by atoms with van der Waals surface area (Å²) >= 11 is 4.08. The van der Waals surface area contributed by atoms with Crippen LogP contribution in [0.1, 0.15) is 36.2 Å². The molecule has 0 saturated carbocycles. The third-order valence-electron chi connectivity index (χ3n) is 6.60. The van der Waals surface area contributed by atoms with Crippen LogP contribution in [0.4, 0.5) is 10.8 Å². The molecule has 5 aromatic rings. The van der Waals surface area contributed by atoms with Crippen molar-refractivity contribution in [2.45, 2.75) is 35.6 Å². The summed E-state index contributed by atoms with van der Waals surface area (Å²) in [5.41, 5.74) is 1.86. The van der Waals surface area contributed by atoms with E-state index in [-0.39, 0.29) is 16.9 Å². The van der Waals surface area contributed by atoms with Crippen molar-refractivity contribution in [1.82, 2.24) is 14.7 Å². The molecule has 1 atom stereocenters. The lowest BCUT2D eigenvalue weighted by Gasteiger charge is -2.15. The van der Waals surface area contributed by atoms with Crippen molar-refractivity contribution in [2.24, 2.45) is 0 Å². The third kappa shape index (κ3) is 8.59. The highest BCUT2D eigenvalue weighted by Gasteiger charge is 2.21. The van der Waals surface area contributed by atoms with Gasteiger partial charge in [0, 0.05) is 27.7 Å². The van der Waals surface area contributed by atoms with Gasteiger partial charge in [0.25, 0.3) is 11.8 Å². The number of carbonyl (C=O) groups is 3. The van der Waals surface area contributed by atoms with Gasteiger partial charge in [0.1, 0.15) is 5.70 Å². The molecular formula is C34H31N5O3S3. The van der Waals surface area contributed by atoms with Gasteiger partial charge in [-0.1, -0.05) is 92.3 Å². The van der Waals surface area contributed by atoms with Gasteiger partial charge in [-0.15, -0.1) is 11.8 Å². The standard InChI is InChI=1S/C34H31N5O3S3/c1-3-29(32(42)37-33-38-34(39-45-33)43-4-2)44-26-18-11-17-25(21-26)35-31(41)28(36-30(40)23-13-6-5-7-14-23)20-24-16-10-15-22-12-8-9-19-27(22)24/h5-21,29H,3-4H2,1-2H3,(H,35,41)(H,36,40)(H,37,38,39,42)/b28-20+. The molecule has 3 N–H and O–H groups in total. The van der Waals surface area contributed by atoms with E-state index in [0.29, 0.717) is 28.0 Å². The molecule has 8 nitrogen and oxygen atoms in total. The highest BCUT2D eigenvalue weighted by atomic mass is 32.2. The van der Waals surface area contributed by atoms with Crippen molar-refractivity contribution < 1.29 is 14.4 Å². The molecule has 1 heterocycles. The van der Waals surface area contributed by atoms with E-state index in [9.17, 15) is 14.4 Å². The second-order valence-corrected chi connectivity index (χ2v) is 13.0. The molecule has 0 radical (unpaired) electrons. The van der Waals surface area contributed by atoms with Crippen LogP contribution >= 0.6 is 35.1 Å². The van der Waals surface area contributed by atoms with Crippen LogP contribution in [0.25, 0.3) is 16.8 Å². The van der Waals surface area contributed by atoms with Gasteiger partial charge in [-0.3, -0.25) is 19.7 Å². The summed E-state index contributed by atoms with van der Waals surface area (Å²) in [6.07, 6.45) is 2.28. The van der Waals surface area contributed by atoms with Crippen molar-refractivity contribution in [2.75, 3.05) is 16.4 Å². The minimum Gasteiger partial charge on any atom is -0.321 e. The molecule has 228 valence electrons. The Morgan fingerprint density at radius 3 is 2.44 bits per heavy atom. The number of anilines is 2. The predicted octanol–water partition coefficient (Wildman–Crippen LogP) is 7.72. The zero-order chi connectivity index (χ0) is 31.6. The van der Waals surface area contributed by atoms with Crippen LogP contribution in [-0.2, 0) is 9.59 Å². The van der Waals surface area contributed by atoms with Crippen LogP contribution in [0, 0.1) is 0 Å². The van der Waals surface area contributed by atoms with E-state index < -0.39 is 11.8 Å². The molecule has 45 heavy (non-hydrogen) atoms. The van der Waals surface area contributed by atoms with E-state index >= 15 is 0 Å². The summed E-state index contributed by atoms with van der Waals surface area (Å²) in [6.45, 7) is 3.97. The molecule has 4 aromatic carbocycles. The average molecular weight is 654 g/mol. The summed E-state index contributed by atoms with van der Waals surface area (Å²) in [4.78, 5) is 45.0. The molecule has 3 amide bonds. The van der Waals surface area contributed by atoms with Crippen molar-refractivity contribution in [3.8, 4) is 0 Å². The number of fused-ring (bicyclic) bond motifs is 1. The van der Waals surface area contributed by atoms with E-state index in [1.54, 1.807) is 36.4 Å². The zero-order valence-corrected chi connectivity index (χ0v) is 27.1. The Bertz CT molecular complexity index is 1840. The maximum Gasteiger partial charge on any atom is 0.272 e. The first-order valence-electron chi connectivity index (χ1n) is 14.3. The van der Waals surface area contributed by atoms with Crippen molar-refractivity contribution in [1.29, 1.82) is 0 Å². The summed E-state index contributed by atoms with van der Waals surface area (Å²) in [6, 6.07) is 29.7. The molecule has 11 heteroatoms. The molecule has 0 fully saturated rings. The van der Waals surface area contributed by atoms with Gasteiger partial charge in [0.05, 0.1) is 5.25 Å². The number of benzene rings is 4. The quantitative estimate of drug-likeness (QED) is 0.0933. The first-order chi connectivity index (χ1) is 21.9. The molecule has 0 saturated heterocycles. The number of rotatable bonds is 12. The Hall–Kier alpha value is -4.45. The van der Waals surface area contributed by atoms with Gasteiger partial charge in [0.2, 0.25) is 16.2 Å². The first kappa shape index (κ1) is 32.0. The predicted molar refractivity (Wildman–Crippen MR) is 186 cm³/mol. The Morgan fingerprint density at radius 2 is 1.64 bits per heavy atom. The van der Waals surface area contributed by atoms with Crippen molar-refractivity contribution >= 4 is 80.4 Å². The number of amides is 3. The fraction of sp³-hybridized carbons (Fsp3) is 0.147. The summed E-state index contributed by atoms with van der Waals surface area (Å²) in [5.74, 6) is -0.181. The highest BCUT2D eigenvalue weighted by Crippen LogP contribution is 2.29. The van der Waals surface area contributed by atoms with Crippen molar-refractivity contribution in [3.63, 3.8) is 0 Å². The number of nitrogens with zero attached hydrogens (tertiary/aromatic N) is 2. The Kier molecular flexibility index (Phi) is 11.0. The van der Waals surface area contributed by atoms with E-state index in [4.69, 9.17) is 0 Å². The van der Waals surface area contributed by atoms with E-state index in [1.807, 2.05) is 80.6 Å². The van der Waals surface area contributed by atoms with Gasteiger partial charge < -0.3 is 10.6 Å². The van der Waals surface area contributed by atoms with Gasteiger partial charge in [-0.2, -0.15) is 9.36 Å². The monoisotopic (exact) mass is 653 g/mol. The van der Waals surface area contributed by atoms with E-state index in [0.717, 1.165) is 38.5 Å². The molecule has 5 rings (SSSR count). The number of nitrogens with one attached hydrogen (secondary N) is 3. The van der Waals surface area contributed by atoms with Gasteiger partial charge in [-0.25, -0.2) is 0 Å². The topological polar surface area (TPSA) is 113 Å². The molecule has 0 aliphatic heterocycles. The number of carbonyl (C=O) groups excluding carboxylic acids is 3. The lowest BCUT2D eigenvalue weighted by atomic mass is 10.0. The second kappa shape index (κ2) is 15.5. The maximum absolute atomic E-state index is 13.7. The molecule has 0 spiro atoms. The maximum atomic E-state index is 13.7. The average Bonchev–Trinajstić information content (AvgIpc) is 3.50. The van der Waals surface area contributed by atoms with Gasteiger partial charge in [-0.05, 0) is 64.9 Å². The third-order valence-corrected chi connectivity index (χ3v) is 9.43. The molecular weight excluding hydrogens is 623 g/mol. The van der Waals surface area contributed by atoms with Crippen LogP contribution in [-0.4, -0.2) is 38.1 Å². The smallest absolute Gasteiger partial charge is 0.272 e. The zero-order valence-electron chi connectivity index (χ0n) is 24.7. The van der Waals surface area contributed by atoms with Crippen LogP contribution in [0.2, 0.25) is 0 Å². The highest BCUT2D eigenvalue weighted by molar-refractivity contribution is 8.00. The second-order valence-electron chi connectivity index (χ2n) is 9.75. The largest absolute Gasteiger partial charge is 0.321 e. The fourth-order valence-electron chi connectivity index (χ4n) is 4.44. The van der Waals surface area contributed by atoms with Crippen LogP contribution in [0.15, 0.2) is 113 Å². The van der Waals surface area contributed by atoms with Gasteiger partial charge in [0.15, 0.2) is 0 Å². The molecule has 1 aromatic heterocycles. The first-order valence-corrected chi connectivity index (χ1v) is 17.0. The van der Waals surface area contributed by atoms with Gasteiger partial charge >= 0.3 is 0 Å². The Labute approximate surface area is 274 Å². The lowest BCUT2D eigenvalue weighted by molar-refractivity contribution is -0.116.